The largest absolute Gasteiger partial charge is 0.493 e. The van der Waals surface area contributed by atoms with Crippen LogP contribution in [0.5, 0.6) is 11.5 Å². The zero-order chi connectivity index (χ0) is 23.1. The van der Waals surface area contributed by atoms with Gasteiger partial charge >= 0.3 is 0 Å². The fourth-order valence-corrected chi connectivity index (χ4v) is 4.39. The van der Waals surface area contributed by atoms with E-state index in [1.165, 1.54) is 16.7 Å². The van der Waals surface area contributed by atoms with E-state index in [0.717, 1.165) is 30.1 Å². The van der Waals surface area contributed by atoms with E-state index in [1.54, 1.807) is 38.5 Å². The van der Waals surface area contributed by atoms with Gasteiger partial charge in [-0.15, -0.1) is 0 Å². The monoisotopic (exact) mass is 456 g/mol. The highest BCUT2D eigenvalue weighted by Crippen LogP contribution is 2.40. The summed E-state index contributed by atoms with van der Waals surface area (Å²) in [5.74, 6) is 0.886. The molecular formula is C24H30N3O4S+. The number of anilines is 1. The highest BCUT2D eigenvalue weighted by molar-refractivity contribution is 8.04. The summed E-state index contributed by atoms with van der Waals surface area (Å²) in [7, 11) is 3.16. The van der Waals surface area contributed by atoms with Gasteiger partial charge in [-0.25, -0.2) is 0 Å². The van der Waals surface area contributed by atoms with Gasteiger partial charge in [0.25, 0.3) is 11.8 Å². The van der Waals surface area contributed by atoms with Crippen molar-refractivity contribution in [3.05, 3.63) is 52.4 Å². The van der Waals surface area contributed by atoms with Crippen LogP contribution in [0.1, 0.15) is 29.8 Å². The minimum Gasteiger partial charge on any atom is -0.493 e. The first-order valence-electron chi connectivity index (χ1n) is 10.7. The molecule has 0 spiro atoms. The maximum atomic E-state index is 12.7. The molecule has 2 aromatic rings. The van der Waals surface area contributed by atoms with Gasteiger partial charge in [0.2, 0.25) is 0 Å². The van der Waals surface area contributed by atoms with Crippen molar-refractivity contribution >= 4 is 35.3 Å². The second-order valence-electron chi connectivity index (χ2n) is 7.35. The van der Waals surface area contributed by atoms with Crippen LogP contribution in [0, 0.1) is 0 Å². The van der Waals surface area contributed by atoms with E-state index >= 15 is 0 Å². The number of quaternary nitrogens is 1. The molecule has 2 aromatic carbocycles. The van der Waals surface area contributed by atoms with Gasteiger partial charge in [-0.1, -0.05) is 17.8 Å². The predicted octanol–water partition coefficient (Wildman–Crippen LogP) is 2.44. The average Bonchev–Trinajstić information content (AvgIpc) is 2.81. The van der Waals surface area contributed by atoms with Crippen LogP contribution in [0.25, 0.3) is 6.08 Å². The first-order chi connectivity index (χ1) is 15.5. The van der Waals surface area contributed by atoms with Crippen molar-refractivity contribution in [2.24, 2.45) is 0 Å². The molecule has 3 rings (SSSR count). The smallest absolute Gasteiger partial charge is 0.262 e. The maximum Gasteiger partial charge on any atom is 0.262 e. The molecule has 1 heterocycles. The van der Waals surface area contributed by atoms with E-state index in [2.05, 4.69) is 24.5 Å². The molecule has 32 heavy (non-hydrogen) atoms. The molecule has 1 aliphatic rings. The number of carbonyl (C=O) groups is 2. The number of carbonyl (C=O) groups excluding carboxylic acids is 2. The number of rotatable bonds is 9. The van der Waals surface area contributed by atoms with Crippen LogP contribution in [0.15, 0.2) is 46.2 Å². The summed E-state index contributed by atoms with van der Waals surface area (Å²) in [5, 5.41) is 5.87. The molecule has 0 bridgehead atoms. The highest BCUT2D eigenvalue weighted by Gasteiger charge is 2.22. The Bertz CT molecular complexity index is 1020. The normalized spacial score (nSPS) is 14.2. The second-order valence-corrected chi connectivity index (χ2v) is 8.44. The Balaban J connectivity index is 1.71. The van der Waals surface area contributed by atoms with E-state index < -0.39 is 0 Å². The molecule has 0 fully saturated rings. The summed E-state index contributed by atoms with van der Waals surface area (Å²) < 4.78 is 10.6. The van der Waals surface area contributed by atoms with Gasteiger partial charge in [0.1, 0.15) is 0 Å². The lowest BCUT2D eigenvalue weighted by Crippen LogP contribution is -3.12. The van der Waals surface area contributed by atoms with Crippen LogP contribution in [0.3, 0.4) is 0 Å². The number of likely N-dealkylation sites (N-methyl/N-ethyl adjacent to an activating group) is 1. The Morgan fingerprint density at radius 2 is 1.84 bits per heavy atom. The Labute approximate surface area is 193 Å². The molecule has 7 nitrogen and oxygen atoms in total. The quantitative estimate of drug-likeness (QED) is 0.505. The van der Waals surface area contributed by atoms with Gasteiger partial charge < -0.3 is 25.0 Å². The molecule has 0 aromatic heterocycles. The number of methoxy groups -OCH3 is 2. The molecule has 0 aliphatic carbocycles. The number of ether oxygens (including phenoxy) is 2. The van der Waals surface area contributed by atoms with Crippen LogP contribution < -0.4 is 25.0 Å². The minimum absolute atomic E-state index is 0.134. The topological polar surface area (TPSA) is 81.1 Å². The Morgan fingerprint density at radius 3 is 2.53 bits per heavy atom. The molecule has 170 valence electrons. The molecule has 0 unspecified atom stereocenters. The van der Waals surface area contributed by atoms with Crippen LogP contribution in [0.2, 0.25) is 0 Å². The van der Waals surface area contributed by atoms with Crippen LogP contribution in [-0.2, 0) is 4.79 Å². The van der Waals surface area contributed by atoms with Crippen molar-refractivity contribution in [3.8, 4) is 11.5 Å². The zero-order valence-corrected chi connectivity index (χ0v) is 19.7. The number of amides is 2. The van der Waals surface area contributed by atoms with Gasteiger partial charge in [0.05, 0.1) is 51.0 Å². The number of hydrogen-bond acceptors (Lipinski definition) is 5. The highest BCUT2D eigenvalue weighted by atomic mass is 32.2. The molecule has 1 aliphatic heterocycles. The van der Waals surface area contributed by atoms with Crippen molar-refractivity contribution in [3.63, 3.8) is 0 Å². The third-order valence-corrected chi connectivity index (χ3v) is 6.50. The lowest BCUT2D eigenvalue weighted by Gasteiger charge is -2.20. The summed E-state index contributed by atoms with van der Waals surface area (Å²) in [5.41, 5.74) is 2.01. The van der Waals surface area contributed by atoms with Gasteiger partial charge in [-0.3, -0.25) is 9.59 Å². The molecule has 0 radical (unpaired) electrons. The molecule has 0 saturated heterocycles. The van der Waals surface area contributed by atoms with Gasteiger partial charge in [0.15, 0.2) is 11.5 Å². The van der Waals surface area contributed by atoms with E-state index in [1.807, 2.05) is 18.2 Å². The summed E-state index contributed by atoms with van der Waals surface area (Å²) in [6, 6.07) is 10.9. The van der Waals surface area contributed by atoms with Crippen molar-refractivity contribution in [1.29, 1.82) is 0 Å². The van der Waals surface area contributed by atoms with Crippen LogP contribution in [0.4, 0.5) is 5.69 Å². The standard InChI is InChI=1S/C24H29N3O4S/c1-5-27(6-2)12-11-25-23(28)17-8-10-21-18(15-17)26-24(29)22(32-21)14-16-7-9-19(30-3)20(13-16)31-4/h7-10,13-15H,5-6,11-12H2,1-4H3,(H,25,28)(H,26,29)/p+1. The summed E-state index contributed by atoms with van der Waals surface area (Å²) in [6.45, 7) is 7.85. The summed E-state index contributed by atoms with van der Waals surface area (Å²) in [6.07, 6.45) is 1.81. The number of fused-ring (bicyclic) bond motifs is 1. The number of nitrogens with one attached hydrogen (secondary N) is 3. The number of thioether (sulfide) groups is 1. The van der Waals surface area contributed by atoms with Crippen molar-refractivity contribution in [1.82, 2.24) is 5.32 Å². The van der Waals surface area contributed by atoms with Crippen molar-refractivity contribution < 1.29 is 24.0 Å². The lowest BCUT2D eigenvalue weighted by atomic mass is 10.1. The van der Waals surface area contributed by atoms with E-state index in [9.17, 15) is 9.59 Å². The van der Waals surface area contributed by atoms with Crippen molar-refractivity contribution in [2.75, 3.05) is 45.7 Å². The fraction of sp³-hybridized carbons (Fsp3) is 0.333. The zero-order valence-electron chi connectivity index (χ0n) is 18.9. The van der Waals surface area contributed by atoms with E-state index in [0.29, 0.717) is 34.2 Å². The Hall–Kier alpha value is -2.97. The van der Waals surface area contributed by atoms with Gasteiger partial charge in [0, 0.05) is 10.5 Å². The first-order valence-corrected chi connectivity index (χ1v) is 11.5. The predicted molar refractivity (Wildman–Crippen MR) is 128 cm³/mol. The number of benzene rings is 2. The summed E-state index contributed by atoms with van der Waals surface area (Å²) >= 11 is 1.37. The fourth-order valence-electron chi connectivity index (χ4n) is 3.45. The lowest BCUT2D eigenvalue weighted by molar-refractivity contribution is -0.895. The molecule has 3 N–H and O–H groups in total. The molecular weight excluding hydrogens is 426 g/mol. The minimum atomic E-state index is -0.208. The Kier molecular flexibility index (Phi) is 8.19. The Morgan fingerprint density at radius 1 is 1.09 bits per heavy atom. The van der Waals surface area contributed by atoms with Gasteiger partial charge in [-0.2, -0.15) is 0 Å². The SMILES string of the molecule is CC[NH+](CC)CCNC(=O)c1ccc2c(c1)NC(=O)C(=Cc1ccc(OC)c(OC)c1)S2. The van der Waals surface area contributed by atoms with Crippen LogP contribution >= 0.6 is 11.8 Å². The van der Waals surface area contributed by atoms with Crippen LogP contribution in [-0.4, -0.2) is 52.2 Å². The van der Waals surface area contributed by atoms with Gasteiger partial charge in [-0.05, 0) is 55.8 Å². The molecule has 2 amide bonds. The molecule has 0 saturated carbocycles. The first kappa shape index (κ1) is 23.7. The number of hydrogen-bond donors (Lipinski definition) is 3. The molecule has 8 heteroatoms. The third kappa shape index (κ3) is 5.63. The average molecular weight is 457 g/mol. The van der Waals surface area contributed by atoms with Crippen molar-refractivity contribution in [2.45, 2.75) is 18.7 Å². The molecule has 0 atom stereocenters. The van der Waals surface area contributed by atoms with E-state index in [4.69, 9.17) is 9.47 Å². The third-order valence-electron chi connectivity index (χ3n) is 5.40. The second kappa shape index (κ2) is 11.1. The summed E-state index contributed by atoms with van der Waals surface area (Å²) in [4.78, 5) is 28.1. The van der Waals surface area contributed by atoms with E-state index in [-0.39, 0.29) is 11.8 Å². The maximum absolute atomic E-state index is 12.7.